The van der Waals surface area contributed by atoms with Gasteiger partial charge in [0.2, 0.25) is 0 Å². The zero-order chi connectivity index (χ0) is 17.4. The summed E-state index contributed by atoms with van der Waals surface area (Å²) in [7, 11) is 4.00. The second kappa shape index (κ2) is 6.39. The minimum atomic E-state index is -0.386. The fraction of sp³-hybridized carbons (Fsp3) is 0.588. The van der Waals surface area contributed by atoms with Gasteiger partial charge in [0, 0.05) is 45.5 Å². The average Bonchev–Trinajstić information content (AvgIpc) is 2.80. The molecule has 0 saturated carbocycles. The molecule has 24 heavy (non-hydrogen) atoms. The lowest BCUT2D eigenvalue weighted by atomic mass is 10.1. The van der Waals surface area contributed by atoms with E-state index in [1.807, 2.05) is 30.5 Å². The van der Waals surface area contributed by atoms with E-state index in [1.165, 1.54) is 5.56 Å². The molecule has 1 fully saturated rings. The normalized spacial score (nSPS) is 16.1. The van der Waals surface area contributed by atoms with E-state index in [1.54, 1.807) is 0 Å². The van der Waals surface area contributed by atoms with E-state index in [0.717, 1.165) is 44.0 Å². The number of hydrogen-bond acceptors (Lipinski definition) is 6. The van der Waals surface area contributed by atoms with Gasteiger partial charge in [-0.05, 0) is 32.9 Å². The summed E-state index contributed by atoms with van der Waals surface area (Å²) in [5.74, 6) is 0. The molecule has 1 saturated heterocycles. The van der Waals surface area contributed by atoms with Crippen LogP contribution in [0.2, 0.25) is 0 Å². The van der Waals surface area contributed by atoms with Crippen LogP contribution in [0.1, 0.15) is 17.0 Å². The van der Waals surface area contributed by atoms with Gasteiger partial charge in [0.1, 0.15) is 11.4 Å². The standard InChI is InChI=1S/C17H25N5O2/c1-11-13(12(2)21(4)19-11)5-6-18-14-15(17(24)16(14)23)22-9-7-20(3)8-10-22/h18H,5-10H2,1-4H3. The Hall–Kier alpha value is -2.15. The van der Waals surface area contributed by atoms with E-state index in [-0.39, 0.29) is 10.9 Å². The monoisotopic (exact) mass is 331 g/mol. The van der Waals surface area contributed by atoms with Crippen LogP contribution >= 0.6 is 0 Å². The molecule has 1 aromatic carbocycles. The first-order valence-electron chi connectivity index (χ1n) is 8.40. The van der Waals surface area contributed by atoms with E-state index in [4.69, 9.17) is 0 Å². The van der Waals surface area contributed by atoms with Gasteiger partial charge < -0.3 is 15.1 Å². The van der Waals surface area contributed by atoms with E-state index in [2.05, 4.69) is 22.4 Å². The molecule has 0 spiro atoms. The molecule has 1 aliphatic heterocycles. The minimum Gasteiger partial charge on any atom is -0.380 e. The van der Waals surface area contributed by atoms with Crippen LogP contribution < -0.4 is 21.1 Å². The first kappa shape index (κ1) is 16.7. The Morgan fingerprint density at radius 1 is 1.04 bits per heavy atom. The Balaban J connectivity index is 1.67. The molecule has 0 amide bonds. The summed E-state index contributed by atoms with van der Waals surface area (Å²) in [6, 6.07) is 0. The highest BCUT2D eigenvalue weighted by molar-refractivity contribution is 5.75. The van der Waals surface area contributed by atoms with Crippen LogP contribution in [0.25, 0.3) is 0 Å². The number of nitrogens with one attached hydrogen (secondary N) is 1. The average molecular weight is 331 g/mol. The highest BCUT2D eigenvalue weighted by Gasteiger charge is 2.27. The van der Waals surface area contributed by atoms with Crippen molar-refractivity contribution in [2.75, 3.05) is 50.0 Å². The lowest BCUT2D eigenvalue weighted by Crippen LogP contribution is -2.50. The number of hydrogen-bond donors (Lipinski definition) is 1. The Labute approximate surface area is 141 Å². The van der Waals surface area contributed by atoms with Gasteiger partial charge in [0.15, 0.2) is 0 Å². The smallest absolute Gasteiger partial charge is 0.253 e. The molecule has 0 radical (unpaired) electrons. The van der Waals surface area contributed by atoms with Crippen molar-refractivity contribution in [3.05, 3.63) is 37.4 Å². The molecular formula is C17H25N5O2. The molecule has 0 unspecified atom stereocenters. The Morgan fingerprint density at radius 3 is 2.29 bits per heavy atom. The SMILES string of the molecule is Cc1nn(C)c(C)c1CCNc1c(N2CCN(C)CC2)c(=O)c1=O. The van der Waals surface area contributed by atoms with Crippen molar-refractivity contribution in [3.8, 4) is 0 Å². The largest absolute Gasteiger partial charge is 0.380 e. The maximum absolute atomic E-state index is 12.0. The van der Waals surface area contributed by atoms with Crippen LogP contribution in [0.3, 0.4) is 0 Å². The molecule has 7 heteroatoms. The van der Waals surface area contributed by atoms with Crippen molar-refractivity contribution in [1.82, 2.24) is 14.7 Å². The maximum atomic E-state index is 12.0. The molecule has 130 valence electrons. The Kier molecular flexibility index (Phi) is 4.45. The number of aromatic nitrogens is 2. The lowest BCUT2D eigenvalue weighted by Gasteiger charge is -2.35. The van der Waals surface area contributed by atoms with Crippen molar-refractivity contribution in [3.63, 3.8) is 0 Å². The highest BCUT2D eigenvalue weighted by Crippen LogP contribution is 2.21. The number of nitrogens with zero attached hydrogens (tertiary/aromatic N) is 4. The third-order valence-corrected chi connectivity index (χ3v) is 5.04. The van der Waals surface area contributed by atoms with Gasteiger partial charge in [0.05, 0.1) is 5.69 Å². The predicted octanol–water partition coefficient (Wildman–Crippen LogP) is 0.0393. The van der Waals surface area contributed by atoms with Crippen LogP contribution in [0.5, 0.6) is 0 Å². The molecule has 7 nitrogen and oxygen atoms in total. The number of aryl methyl sites for hydroxylation is 2. The molecular weight excluding hydrogens is 306 g/mol. The van der Waals surface area contributed by atoms with Gasteiger partial charge in [-0.25, -0.2) is 0 Å². The molecule has 0 bridgehead atoms. The molecule has 1 N–H and O–H groups in total. The fourth-order valence-electron chi connectivity index (χ4n) is 3.37. The maximum Gasteiger partial charge on any atom is 0.253 e. The van der Waals surface area contributed by atoms with E-state index >= 15 is 0 Å². The highest BCUT2D eigenvalue weighted by atomic mass is 16.2. The van der Waals surface area contributed by atoms with Crippen molar-refractivity contribution >= 4 is 11.4 Å². The van der Waals surface area contributed by atoms with Crippen molar-refractivity contribution < 1.29 is 0 Å². The van der Waals surface area contributed by atoms with Gasteiger partial charge in [0.25, 0.3) is 10.9 Å². The first-order valence-corrected chi connectivity index (χ1v) is 8.40. The van der Waals surface area contributed by atoms with Crippen LogP contribution in [0.15, 0.2) is 9.59 Å². The Bertz CT molecular complexity index is 808. The topological polar surface area (TPSA) is 70.5 Å². The van der Waals surface area contributed by atoms with E-state index in [0.29, 0.717) is 17.9 Å². The molecule has 0 atom stereocenters. The van der Waals surface area contributed by atoms with Crippen molar-refractivity contribution in [1.29, 1.82) is 0 Å². The van der Waals surface area contributed by atoms with Gasteiger partial charge in [-0.2, -0.15) is 5.10 Å². The molecule has 2 heterocycles. The van der Waals surface area contributed by atoms with Crippen LogP contribution in [0.4, 0.5) is 11.4 Å². The zero-order valence-corrected chi connectivity index (χ0v) is 14.8. The molecule has 0 aliphatic carbocycles. The third-order valence-electron chi connectivity index (χ3n) is 5.04. The van der Waals surface area contributed by atoms with E-state index in [9.17, 15) is 9.59 Å². The fourth-order valence-corrected chi connectivity index (χ4v) is 3.37. The van der Waals surface area contributed by atoms with Crippen LogP contribution in [0, 0.1) is 13.8 Å². The second-order valence-corrected chi connectivity index (χ2v) is 6.62. The quantitative estimate of drug-likeness (QED) is 0.780. The molecule has 1 aromatic heterocycles. The first-order chi connectivity index (χ1) is 11.4. The second-order valence-electron chi connectivity index (χ2n) is 6.62. The number of likely N-dealkylation sites (N-methyl/N-ethyl adjacent to an activating group) is 1. The number of anilines is 2. The van der Waals surface area contributed by atoms with Gasteiger partial charge in [-0.3, -0.25) is 14.3 Å². The zero-order valence-electron chi connectivity index (χ0n) is 14.8. The minimum absolute atomic E-state index is 0.351. The van der Waals surface area contributed by atoms with Crippen LogP contribution in [-0.4, -0.2) is 54.5 Å². The van der Waals surface area contributed by atoms with Crippen LogP contribution in [-0.2, 0) is 13.5 Å². The van der Waals surface area contributed by atoms with Gasteiger partial charge in [-0.1, -0.05) is 0 Å². The molecule has 1 aliphatic rings. The summed E-state index contributed by atoms with van der Waals surface area (Å²) in [6.07, 6.45) is 0.784. The lowest BCUT2D eigenvalue weighted by molar-refractivity contribution is 0.312. The van der Waals surface area contributed by atoms with E-state index < -0.39 is 0 Å². The summed E-state index contributed by atoms with van der Waals surface area (Å²) in [6.45, 7) is 8.06. The Morgan fingerprint density at radius 2 is 1.71 bits per heavy atom. The van der Waals surface area contributed by atoms with Crippen molar-refractivity contribution in [2.45, 2.75) is 20.3 Å². The summed E-state index contributed by atoms with van der Waals surface area (Å²) in [5, 5.41) is 7.59. The molecule has 2 aromatic rings. The van der Waals surface area contributed by atoms with Crippen molar-refractivity contribution in [2.24, 2.45) is 7.05 Å². The number of rotatable bonds is 5. The summed E-state index contributed by atoms with van der Waals surface area (Å²) >= 11 is 0. The van der Waals surface area contributed by atoms with Gasteiger partial charge in [-0.15, -0.1) is 0 Å². The number of piperazine rings is 1. The molecule has 3 rings (SSSR count). The third kappa shape index (κ3) is 2.84. The van der Waals surface area contributed by atoms with Gasteiger partial charge >= 0.3 is 0 Å². The predicted molar refractivity (Wildman–Crippen MR) is 95.9 cm³/mol. The summed E-state index contributed by atoms with van der Waals surface area (Å²) in [4.78, 5) is 28.2. The summed E-state index contributed by atoms with van der Waals surface area (Å²) < 4.78 is 1.87. The summed E-state index contributed by atoms with van der Waals surface area (Å²) in [5.41, 5.74) is 3.68.